The molecule has 3 atom stereocenters. The molecule has 3 nitrogen and oxygen atoms in total. The number of likely N-dealkylation sites (N-methyl/N-ethyl adjacent to an activating group) is 1. The van der Waals surface area contributed by atoms with Crippen LogP contribution in [0.5, 0.6) is 0 Å². The molecular weight excluding hydrogens is 457 g/mol. The molecule has 26 heavy (non-hydrogen) atoms. The second-order valence-electron chi connectivity index (χ2n) is 7.73. The fraction of sp³-hybridized carbons (Fsp3) is 0.429. The predicted molar refractivity (Wildman–Crippen MR) is 102 cm³/mol. The van der Waals surface area contributed by atoms with Crippen molar-refractivity contribution in [2.75, 3.05) is 26.4 Å². The fourth-order valence-corrected chi connectivity index (χ4v) is 6.35. The van der Waals surface area contributed by atoms with E-state index in [1.807, 2.05) is 60.7 Å². The maximum Gasteiger partial charge on any atom is 0.194 e. The van der Waals surface area contributed by atoms with E-state index in [-0.39, 0.29) is 30.1 Å². The molecule has 2 aliphatic heterocycles. The van der Waals surface area contributed by atoms with E-state index in [1.165, 1.54) is 13.0 Å². The van der Waals surface area contributed by atoms with Gasteiger partial charge in [-0.2, -0.15) is 0 Å². The van der Waals surface area contributed by atoms with Crippen molar-refractivity contribution in [3.63, 3.8) is 0 Å². The Hall–Kier alpha value is -0.760. The van der Waals surface area contributed by atoms with E-state index in [4.69, 9.17) is 4.74 Å². The topological polar surface area (TPSA) is 26.3 Å². The number of hydrogen-bond acceptors (Lipinski definition) is 2. The lowest BCUT2D eigenvalue weighted by molar-refractivity contribution is -0.905. The average Bonchev–Trinajstić information content (AvgIpc) is 3.16. The number of halogens is 1. The van der Waals surface area contributed by atoms with Crippen LogP contribution in [-0.2, 0) is 20.5 Å². The molecule has 1 unspecified atom stereocenters. The predicted octanol–water partition coefficient (Wildman–Crippen LogP) is 0.278. The van der Waals surface area contributed by atoms with Gasteiger partial charge in [-0.15, -0.1) is 0 Å². The number of quaternary nitrogens is 1. The summed E-state index contributed by atoms with van der Waals surface area (Å²) in [5.74, 6) is 0.607. The van der Waals surface area contributed by atoms with Crippen LogP contribution in [0.25, 0.3) is 0 Å². The Balaban J connectivity index is 0.00000196. The molecule has 2 fully saturated rings. The largest absolute Gasteiger partial charge is 1.00 e. The second kappa shape index (κ2) is 7.70. The molecule has 2 aromatic carbocycles. The molecule has 0 bridgehead atoms. The Morgan fingerprint density at radius 3 is 2.00 bits per heavy atom. The van der Waals surface area contributed by atoms with Gasteiger partial charge >= 0.3 is 0 Å². The third kappa shape index (κ3) is 3.28. The number of benzene rings is 2. The molecule has 2 heterocycles. The summed E-state index contributed by atoms with van der Waals surface area (Å²) in [7, 11) is 3.43. The number of rotatable bonds is 3. The zero-order valence-corrected chi connectivity index (χ0v) is 18.3. The van der Waals surface area contributed by atoms with E-state index in [9.17, 15) is 4.21 Å². The van der Waals surface area contributed by atoms with Gasteiger partial charge in [0.1, 0.15) is 12.1 Å². The first-order valence-corrected chi connectivity index (χ1v) is 10.4. The summed E-state index contributed by atoms with van der Waals surface area (Å²) in [6.07, 6.45) is 2.39. The van der Waals surface area contributed by atoms with Gasteiger partial charge in [0.05, 0.1) is 37.2 Å². The van der Waals surface area contributed by atoms with Crippen molar-refractivity contribution in [3.05, 3.63) is 71.8 Å². The average molecular weight is 483 g/mol. The van der Waals surface area contributed by atoms with Gasteiger partial charge in [-0.1, -0.05) is 60.7 Å². The summed E-state index contributed by atoms with van der Waals surface area (Å²) >= 11 is 0. The van der Waals surface area contributed by atoms with Gasteiger partial charge in [0, 0.05) is 24.0 Å². The van der Waals surface area contributed by atoms with Crippen molar-refractivity contribution in [2.45, 2.75) is 29.9 Å². The van der Waals surface area contributed by atoms with Crippen molar-refractivity contribution < 1.29 is 37.4 Å². The van der Waals surface area contributed by atoms with E-state index in [2.05, 4.69) is 14.1 Å². The smallest absolute Gasteiger partial charge is 0.194 e. The SMILES string of the molecule is C[N+]1(C)CCC[C@H]1[C@H]1CS(=O)C(c2ccccc2)(c2ccccc2)O1.[I-]. The highest BCUT2D eigenvalue weighted by molar-refractivity contribution is 7.86. The summed E-state index contributed by atoms with van der Waals surface area (Å²) in [5, 5.41) is 0. The molecule has 0 aliphatic carbocycles. The summed E-state index contributed by atoms with van der Waals surface area (Å²) in [6.45, 7) is 1.17. The van der Waals surface area contributed by atoms with Crippen LogP contribution in [0.15, 0.2) is 60.7 Å². The molecule has 0 saturated carbocycles. The Labute approximate surface area is 175 Å². The van der Waals surface area contributed by atoms with Crippen molar-refractivity contribution in [1.29, 1.82) is 0 Å². The minimum Gasteiger partial charge on any atom is -1.00 e. The quantitative estimate of drug-likeness (QED) is 0.463. The minimum atomic E-state index is -1.11. The lowest BCUT2D eigenvalue weighted by Gasteiger charge is -2.36. The molecule has 5 heteroatoms. The number of hydrogen-bond donors (Lipinski definition) is 0. The molecule has 0 radical (unpaired) electrons. The van der Waals surface area contributed by atoms with E-state index in [0.717, 1.165) is 22.0 Å². The van der Waals surface area contributed by atoms with Gasteiger partial charge < -0.3 is 33.2 Å². The van der Waals surface area contributed by atoms with Gasteiger partial charge in [0.2, 0.25) is 0 Å². The van der Waals surface area contributed by atoms with Gasteiger partial charge in [-0.05, 0) is 0 Å². The summed E-state index contributed by atoms with van der Waals surface area (Å²) < 4.78 is 21.2. The number of likely N-dealkylation sites (tertiary alicyclic amines) is 1. The van der Waals surface area contributed by atoms with Crippen LogP contribution < -0.4 is 24.0 Å². The van der Waals surface area contributed by atoms with Crippen LogP contribution in [-0.4, -0.2) is 47.2 Å². The number of nitrogens with zero attached hydrogens (tertiary/aromatic N) is 1. The monoisotopic (exact) mass is 483 g/mol. The second-order valence-corrected chi connectivity index (χ2v) is 9.33. The molecule has 0 aromatic heterocycles. The molecule has 0 N–H and O–H groups in total. The zero-order valence-electron chi connectivity index (χ0n) is 15.3. The third-order valence-corrected chi connectivity index (χ3v) is 7.66. The van der Waals surface area contributed by atoms with Crippen molar-refractivity contribution in [3.8, 4) is 0 Å². The van der Waals surface area contributed by atoms with Crippen molar-refractivity contribution in [2.24, 2.45) is 0 Å². The highest BCUT2D eigenvalue weighted by Crippen LogP contribution is 2.45. The van der Waals surface area contributed by atoms with E-state index < -0.39 is 15.7 Å². The molecule has 4 rings (SSSR count). The Morgan fingerprint density at radius 2 is 1.54 bits per heavy atom. The van der Waals surface area contributed by atoms with Crippen molar-refractivity contribution >= 4 is 10.8 Å². The van der Waals surface area contributed by atoms with Crippen LogP contribution in [0.4, 0.5) is 0 Å². The standard InChI is InChI=1S/C21H26NO2S.HI/c1-22(2)15-9-14-19(22)20-16-25(23)21(24-20,17-10-5-3-6-11-17)18-12-7-4-8-13-18;/h3-8,10-13,19-20H,9,14-16H2,1-2H3;1H/q+1;/p-1/t19-,20+,25?;/m0./s1. The van der Waals surface area contributed by atoms with Crippen LogP contribution in [0.1, 0.15) is 24.0 Å². The Kier molecular flexibility index (Phi) is 5.92. The molecule has 140 valence electrons. The summed E-state index contributed by atoms with van der Waals surface area (Å²) in [6, 6.07) is 20.6. The molecule has 0 spiro atoms. The molecule has 2 aliphatic rings. The normalized spacial score (nSPS) is 29.2. The molecule has 0 amide bonds. The maximum absolute atomic E-state index is 13.5. The van der Waals surface area contributed by atoms with Crippen molar-refractivity contribution in [1.82, 2.24) is 0 Å². The Morgan fingerprint density at radius 1 is 1.00 bits per heavy atom. The van der Waals surface area contributed by atoms with Crippen LogP contribution >= 0.6 is 0 Å². The highest BCUT2D eigenvalue weighted by atomic mass is 127. The molecule has 2 aromatic rings. The maximum atomic E-state index is 13.5. The van der Waals surface area contributed by atoms with Crippen LogP contribution in [0, 0.1) is 0 Å². The third-order valence-electron chi connectivity index (χ3n) is 5.82. The van der Waals surface area contributed by atoms with Gasteiger partial charge in [-0.3, -0.25) is 4.21 Å². The van der Waals surface area contributed by atoms with Crippen LogP contribution in [0.2, 0.25) is 0 Å². The lowest BCUT2D eigenvalue weighted by atomic mass is 9.99. The summed E-state index contributed by atoms with van der Waals surface area (Å²) in [4.78, 5) is -0.851. The minimum absolute atomic E-state index is 0. The Bertz CT molecular complexity index is 727. The van der Waals surface area contributed by atoms with Gasteiger partial charge in [0.15, 0.2) is 4.93 Å². The van der Waals surface area contributed by atoms with Gasteiger partial charge in [0.25, 0.3) is 0 Å². The highest BCUT2D eigenvalue weighted by Gasteiger charge is 2.55. The fourth-order valence-electron chi connectivity index (χ4n) is 4.50. The zero-order chi connectivity index (χ0) is 17.5. The first-order valence-electron chi connectivity index (χ1n) is 9.04. The summed E-state index contributed by atoms with van der Waals surface area (Å²) in [5.41, 5.74) is 1.98. The lowest BCUT2D eigenvalue weighted by Crippen LogP contribution is -3.00. The van der Waals surface area contributed by atoms with E-state index in [1.54, 1.807) is 0 Å². The first-order chi connectivity index (χ1) is 12.0. The molecular formula is C21H26INO2S. The number of ether oxygens (including phenoxy) is 1. The van der Waals surface area contributed by atoms with Crippen LogP contribution in [0.3, 0.4) is 0 Å². The molecule has 2 saturated heterocycles. The van der Waals surface area contributed by atoms with E-state index >= 15 is 0 Å². The first kappa shape index (κ1) is 20.0. The van der Waals surface area contributed by atoms with Gasteiger partial charge in [-0.25, -0.2) is 0 Å². The van der Waals surface area contributed by atoms with E-state index in [0.29, 0.717) is 11.8 Å².